The minimum atomic E-state index is 0.877. The number of rotatable bonds is 2. The molecule has 0 aromatic rings. The van der Waals surface area contributed by atoms with E-state index in [0.717, 1.165) is 31.3 Å². The zero-order valence-electron chi connectivity index (χ0n) is 7.33. The van der Waals surface area contributed by atoms with E-state index in [1.165, 1.54) is 25.9 Å². The lowest BCUT2D eigenvalue weighted by Gasteiger charge is -2.39. The molecule has 0 aromatic heterocycles. The van der Waals surface area contributed by atoms with E-state index in [-0.39, 0.29) is 0 Å². The molecule has 2 rings (SSSR count). The summed E-state index contributed by atoms with van der Waals surface area (Å²) in [7, 11) is 0. The van der Waals surface area contributed by atoms with Crippen molar-refractivity contribution in [2.75, 3.05) is 26.2 Å². The van der Waals surface area contributed by atoms with Crippen LogP contribution in [0.4, 0.5) is 0 Å². The summed E-state index contributed by atoms with van der Waals surface area (Å²) in [6.45, 7) is 4.35. The van der Waals surface area contributed by atoms with Crippen LogP contribution in [0.2, 0.25) is 0 Å². The molecular formula is C9H16N2O. The van der Waals surface area contributed by atoms with Crippen molar-refractivity contribution in [2.24, 2.45) is 11.8 Å². The van der Waals surface area contributed by atoms with Crippen molar-refractivity contribution < 1.29 is 4.79 Å². The molecular weight excluding hydrogens is 152 g/mol. The summed E-state index contributed by atoms with van der Waals surface area (Å²) in [6.07, 6.45) is 3.41. The van der Waals surface area contributed by atoms with E-state index in [9.17, 15) is 4.79 Å². The van der Waals surface area contributed by atoms with Gasteiger partial charge in [0.25, 0.3) is 0 Å². The van der Waals surface area contributed by atoms with E-state index in [4.69, 9.17) is 0 Å². The average molecular weight is 168 g/mol. The van der Waals surface area contributed by atoms with Gasteiger partial charge in [-0.25, -0.2) is 0 Å². The first kappa shape index (κ1) is 8.05. The SMILES string of the molecule is O=CN1CCC(C2CNC2)CC1. The second kappa shape index (κ2) is 3.44. The normalized spacial score (nSPS) is 26.8. The van der Waals surface area contributed by atoms with Gasteiger partial charge in [0.1, 0.15) is 0 Å². The smallest absolute Gasteiger partial charge is 0.209 e. The highest BCUT2D eigenvalue weighted by Gasteiger charge is 2.29. The largest absolute Gasteiger partial charge is 0.345 e. The van der Waals surface area contributed by atoms with Crippen LogP contribution in [0.1, 0.15) is 12.8 Å². The Morgan fingerprint density at radius 3 is 2.25 bits per heavy atom. The molecule has 1 N–H and O–H groups in total. The number of carbonyl (C=O) groups is 1. The maximum atomic E-state index is 10.4. The molecule has 2 fully saturated rings. The number of hydrogen-bond donors (Lipinski definition) is 1. The van der Waals surface area contributed by atoms with E-state index < -0.39 is 0 Å². The van der Waals surface area contributed by atoms with E-state index >= 15 is 0 Å². The average Bonchev–Trinajstić information content (AvgIpc) is 2.03. The molecule has 2 aliphatic heterocycles. The van der Waals surface area contributed by atoms with Gasteiger partial charge in [-0.2, -0.15) is 0 Å². The predicted octanol–water partition coefficient (Wildman–Crippen LogP) is 0.0742. The van der Waals surface area contributed by atoms with E-state index in [0.29, 0.717) is 0 Å². The molecule has 0 radical (unpaired) electrons. The monoisotopic (exact) mass is 168 g/mol. The summed E-state index contributed by atoms with van der Waals surface area (Å²) >= 11 is 0. The fourth-order valence-corrected chi connectivity index (χ4v) is 2.14. The quantitative estimate of drug-likeness (QED) is 0.592. The number of hydrogen-bond acceptors (Lipinski definition) is 2. The summed E-state index contributed by atoms with van der Waals surface area (Å²) in [5, 5.41) is 3.30. The van der Waals surface area contributed by atoms with Gasteiger partial charge in [-0.1, -0.05) is 0 Å². The van der Waals surface area contributed by atoms with Gasteiger partial charge in [0.05, 0.1) is 0 Å². The Hall–Kier alpha value is -0.570. The maximum absolute atomic E-state index is 10.4. The fourth-order valence-electron chi connectivity index (χ4n) is 2.14. The Balaban J connectivity index is 1.77. The molecule has 3 nitrogen and oxygen atoms in total. The molecule has 0 atom stereocenters. The zero-order valence-corrected chi connectivity index (χ0v) is 7.33. The summed E-state index contributed by atoms with van der Waals surface area (Å²) in [6, 6.07) is 0. The minimum Gasteiger partial charge on any atom is -0.345 e. The lowest BCUT2D eigenvalue weighted by Crippen LogP contribution is -2.49. The highest BCUT2D eigenvalue weighted by Crippen LogP contribution is 2.26. The third-order valence-electron chi connectivity index (χ3n) is 3.20. The molecule has 0 spiro atoms. The van der Waals surface area contributed by atoms with Crippen LogP contribution in [0, 0.1) is 11.8 Å². The van der Waals surface area contributed by atoms with Crippen LogP contribution >= 0.6 is 0 Å². The van der Waals surface area contributed by atoms with Crippen LogP contribution in [-0.4, -0.2) is 37.5 Å². The lowest BCUT2D eigenvalue weighted by atomic mass is 9.81. The first-order valence-electron chi connectivity index (χ1n) is 4.80. The van der Waals surface area contributed by atoms with Gasteiger partial charge >= 0.3 is 0 Å². The summed E-state index contributed by atoms with van der Waals surface area (Å²) in [5.41, 5.74) is 0. The van der Waals surface area contributed by atoms with Crippen LogP contribution in [0.5, 0.6) is 0 Å². The third-order valence-corrected chi connectivity index (χ3v) is 3.20. The summed E-state index contributed by atoms with van der Waals surface area (Å²) in [4.78, 5) is 12.3. The molecule has 2 saturated heterocycles. The Labute approximate surface area is 73.1 Å². The number of likely N-dealkylation sites (tertiary alicyclic amines) is 1. The van der Waals surface area contributed by atoms with E-state index in [1.54, 1.807) is 0 Å². The van der Waals surface area contributed by atoms with Crippen LogP contribution in [0.15, 0.2) is 0 Å². The van der Waals surface area contributed by atoms with Crippen LogP contribution in [-0.2, 0) is 4.79 Å². The Bertz CT molecular complexity index is 160. The summed E-state index contributed by atoms with van der Waals surface area (Å²) < 4.78 is 0. The number of amides is 1. The minimum absolute atomic E-state index is 0.877. The van der Waals surface area contributed by atoms with E-state index in [2.05, 4.69) is 5.32 Å². The summed E-state index contributed by atoms with van der Waals surface area (Å²) in [5.74, 6) is 1.78. The van der Waals surface area contributed by atoms with Gasteiger partial charge < -0.3 is 10.2 Å². The highest BCUT2D eigenvalue weighted by molar-refractivity contribution is 5.47. The molecule has 0 aromatic carbocycles. The Morgan fingerprint density at radius 1 is 1.17 bits per heavy atom. The maximum Gasteiger partial charge on any atom is 0.209 e. The second-order valence-corrected chi connectivity index (χ2v) is 3.90. The Kier molecular flexibility index (Phi) is 2.30. The van der Waals surface area contributed by atoms with Gasteiger partial charge in [0.2, 0.25) is 6.41 Å². The first-order chi connectivity index (χ1) is 5.90. The molecule has 0 bridgehead atoms. The van der Waals surface area contributed by atoms with Gasteiger partial charge in [-0.05, 0) is 37.8 Å². The molecule has 3 heteroatoms. The van der Waals surface area contributed by atoms with E-state index in [1.807, 2.05) is 4.90 Å². The second-order valence-electron chi connectivity index (χ2n) is 3.90. The molecule has 0 aliphatic carbocycles. The number of carbonyl (C=O) groups excluding carboxylic acids is 1. The molecule has 2 heterocycles. The van der Waals surface area contributed by atoms with Gasteiger partial charge in [-0.3, -0.25) is 4.79 Å². The highest BCUT2D eigenvalue weighted by atomic mass is 16.1. The van der Waals surface area contributed by atoms with Crippen LogP contribution in [0.3, 0.4) is 0 Å². The fraction of sp³-hybridized carbons (Fsp3) is 0.889. The number of piperidine rings is 1. The molecule has 0 saturated carbocycles. The van der Waals surface area contributed by atoms with Crippen molar-refractivity contribution in [1.29, 1.82) is 0 Å². The molecule has 2 aliphatic rings. The van der Waals surface area contributed by atoms with Crippen molar-refractivity contribution in [3.8, 4) is 0 Å². The van der Waals surface area contributed by atoms with Crippen molar-refractivity contribution in [1.82, 2.24) is 10.2 Å². The number of nitrogens with zero attached hydrogens (tertiary/aromatic N) is 1. The molecule has 0 unspecified atom stereocenters. The standard InChI is InChI=1S/C9H16N2O/c12-7-11-3-1-8(2-4-11)9-5-10-6-9/h7-10H,1-6H2. The van der Waals surface area contributed by atoms with Gasteiger partial charge in [-0.15, -0.1) is 0 Å². The predicted molar refractivity (Wildman–Crippen MR) is 46.7 cm³/mol. The zero-order chi connectivity index (χ0) is 8.39. The first-order valence-corrected chi connectivity index (χ1v) is 4.80. The lowest BCUT2D eigenvalue weighted by molar-refractivity contribution is -0.119. The Morgan fingerprint density at radius 2 is 1.83 bits per heavy atom. The number of nitrogens with one attached hydrogen (secondary N) is 1. The molecule has 12 heavy (non-hydrogen) atoms. The molecule has 68 valence electrons. The van der Waals surface area contributed by atoms with Crippen molar-refractivity contribution >= 4 is 6.41 Å². The van der Waals surface area contributed by atoms with Crippen molar-refractivity contribution in [2.45, 2.75) is 12.8 Å². The van der Waals surface area contributed by atoms with Crippen LogP contribution < -0.4 is 5.32 Å². The van der Waals surface area contributed by atoms with Gasteiger partial charge in [0, 0.05) is 13.1 Å². The van der Waals surface area contributed by atoms with Gasteiger partial charge in [0.15, 0.2) is 0 Å². The topological polar surface area (TPSA) is 32.3 Å². The van der Waals surface area contributed by atoms with Crippen molar-refractivity contribution in [3.05, 3.63) is 0 Å². The van der Waals surface area contributed by atoms with Crippen molar-refractivity contribution in [3.63, 3.8) is 0 Å². The third kappa shape index (κ3) is 1.46. The van der Waals surface area contributed by atoms with Crippen LogP contribution in [0.25, 0.3) is 0 Å². The molecule has 1 amide bonds.